The van der Waals surface area contributed by atoms with E-state index in [1.165, 1.54) is 0 Å². The van der Waals surface area contributed by atoms with E-state index in [9.17, 15) is 101 Å². The highest BCUT2D eigenvalue weighted by Crippen LogP contribution is 2.66. The van der Waals surface area contributed by atoms with Crippen LogP contribution in [-0.4, -0.2) is 70.7 Å². The number of hydrogen-bond acceptors (Lipinski definition) is 1. The van der Waals surface area contributed by atoms with Crippen LogP contribution in [0.2, 0.25) is 0 Å². The summed E-state index contributed by atoms with van der Waals surface area (Å²) in [5, 5.41) is 7.92. The van der Waals surface area contributed by atoms with Crippen molar-refractivity contribution in [3.05, 3.63) is 0 Å². The summed E-state index contributed by atoms with van der Waals surface area (Å²) in [7, 11) is 0. The smallest absolute Gasteiger partial charge is 0.352 e. The second kappa shape index (κ2) is 7.68. The molecular formula is C11HF23O. The largest absolute Gasteiger partial charge is 0.460 e. The fraction of sp³-hybridized carbons (Fsp3) is 1.00. The molecule has 0 spiro atoms. The summed E-state index contributed by atoms with van der Waals surface area (Å²) in [6.45, 7) is 0. The Balaban J connectivity index is 7.15. The first-order chi connectivity index (χ1) is 14.5. The molecule has 0 aliphatic heterocycles. The maximum atomic E-state index is 13.3. The van der Waals surface area contributed by atoms with Crippen LogP contribution in [0, 0.1) is 0 Å². The van der Waals surface area contributed by atoms with Gasteiger partial charge in [0.15, 0.2) is 0 Å². The Bertz CT molecular complexity index is 716. The third-order valence-corrected chi connectivity index (χ3v) is 3.91. The van der Waals surface area contributed by atoms with Crippen molar-refractivity contribution in [2.75, 3.05) is 0 Å². The van der Waals surface area contributed by atoms with Crippen LogP contribution < -0.4 is 0 Å². The third-order valence-electron chi connectivity index (χ3n) is 3.91. The van der Waals surface area contributed by atoms with Crippen LogP contribution in [0.4, 0.5) is 101 Å². The van der Waals surface area contributed by atoms with E-state index >= 15 is 0 Å². The lowest BCUT2D eigenvalue weighted by atomic mass is 9.85. The second-order valence-corrected chi connectivity index (χ2v) is 6.21. The molecule has 1 nitrogen and oxygen atoms in total. The Morgan fingerprint density at radius 1 is 0.229 bits per heavy atom. The third kappa shape index (κ3) is 3.82. The number of rotatable bonds is 8. The van der Waals surface area contributed by atoms with Crippen molar-refractivity contribution in [3.63, 3.8) is 0 Å². The van der Waals surface area contributed by atoms with Gasteiger partial charge in [-0.3, -0.25) is 0 Å². The molecule has 0 radical (unpaired) electrons. The van der Waals surface area contributed by atoms with Crippen molar-refractivity contribution >= 4 is 0 Å². The molecular weight excluding hydrogens is 585 g/mol. The molecule has 0 aliphatic carbocycles. The van der Waals surface area contributed by atoms with Gasteiger partial charge in [0.1, 0.15) is 0 Å². The van der Waals surface area contributed by atoms with Crippen molar-refractivity contribution in [1.29, 1.82) is 0 Å². The summed E-state index contributed by atoms with van der Waals surface area (Å²) in [6.07, 6.45) is -16.1. The Morgan fingerprint density at radius 2 is 0.400 bits per heavy atom. The molecule has 0 aromatic carbocycles. The van der Waals surface area contributed by atoms with E-state index in [4.69, 9.17) is 5.11 Å². The Morgan fingerprint density at radius 3 is 0.600 bits per heavy atom. The molecule has 0 saturated carbocycles. The molecule has 0 rings (SSSR count). The molecule has 0 saturated heterocycles. The first kappa shape index (κ1) is 33.4. The molecule has 212 valence electrons. The van der Waals surface area contributed by atoms with Gasteiger partial charge in [-0.15, -0.1) is 0 Å². The molecule has 0 aliphatic rings. The summed E-state index contributed by atoms with van der Waals surface area (Å²) in [6, 6.07) is 0. The van der Waals surface area contributed by atoms with Gasteiger partial charge in [-0.05, 0) is 0 Å². The highest BCUT2D eigenvalue weighted by atomic mass is 19.4. The number of halogens is 23. The summed E-state index contributed by atoms with van der Waals surface area (Å²) in [5.74, 6) is -80.7. The summed E-state index contributed by atoms with van der Waals surface area (Å²) in [5.41, 5.74) is 0. The predicted octanol–water partition coefficient (Wildman–Crippen LogP) is 6.85. The quantitative estimate of drug-likeness (QED) is 0.309. The Hall–Kier alpha value is -1.65. The molecule has 0 heterocycles. The highest BCUT2D eigenvalue weighted by molar-refractivity contribution is 5.18. The second-order valence-electron chi connectivity index (χ2n) is 6.21. The zero-order valence-electron chi connectivity index (χ0n) is 14.6. The van der Waals surface area contributed by atoms with E-state index in [1.54, 1.807) is 0 Å². The fourth-order valence-corrected chi connectivity index (χ4v) is 1.76. The molecule has 35 heavy (non-hydrogen) atoms. The summed E-state index contributed by atoms with van der Waals surface area (Å²) < 4.78 is 293. The molecule has 0 bridgehead atoms. The molecule has 0 aromatic heterocycles. The van der Waals surface area contributed by atoms with Gasteiger partial charge in [-0.25, -0.2) is 0 Å². The Labute approximate surface area is 173 Å². The van der Waals surface area contributed by atoms with Gasteiger partial charge < -0.3 is 5.11 Å². The molecule has 0 amide bonds. The van der Waals surface area contributed by atoms with E-state index < -0.39 is 65.6 Å². The van der Waals surface area contributed by atoms with E-state index in [-0.39, 0.29) is 0 Å². The number of aliphatic hydroxyl groups is 1. The van der Waals surface area contributed by atoms with Crippen LogP contribution in [0.1, 0.15) is 0 Å². The van der Waals surface area contributed by atoms with E-state index in [0.29, 0.717) is 0 Å². The van der Waals surface area contributed by atoms with Crippen LogP contribution in [0.15, 0.2) is 0 Å². The molecule has 0 fully saturated rings. The zero-order chi connectivity index (χ0) is 29.5. The fourth-order valence-electron chi connectivity index (χ4n) is 1.76. The normalized spacial score (nSPS) is 18.5. The number of hydrogen-bond donors (Lipinski definition) is 1. The van der Waals surface area contributed by atoms with Gasteiger partial charge in [0.05, 0.1) is 0 Å². The highest BCUT2D eigenvalue weighted by Gasteiger charge is 2.98. The standard InChI is InChI=1S/C11HF23O/c12-1(13,3(16,17)5(20,21)7(24,25)10(29,30)31)2(14,15)4(18,19)6(22,23)9(28,35)8(26,27)11(32,33)34/h35H. The number of alkyl halides is 23. The average molecular weight is 586 g/mol. The first-order valence-electron chi connectivity index (χ1n) is 7.07. The molecule has 1 unspecified atom stereocenters. The van der Waals surface area contributed by atoms with E-state index in [2.05, 4.69) is 0 Å². The molecule has 24 heteroatoms. The van der Waals surface area contributed by atoms with Crippen LogP contribution >= 0.6 is 0 Å². The van der Waals surface area contributed by atoms with Gasteiger partial charge in [0.25, 0.3) is 0 Å². The minimum atomic E-state index is -9.39. The van der Waals surface area contributed by atoms with Crippen molar-refractivity contribution in [3.8, 4) is 0 Å². The zero-order valence-corrected chi connectivity index (χ0v) is 14.6. The predicted molar refractivity (Wildman–Crippen MR) is 57.7 cm³/mol. The molecule has 0 aromatic rings. The van der Waals surface area contributed by atoms with Crippen molar-refractivity contribution in [2.24, 2.45) is 0 Å². The van der Waals surface area contributed by atoms with Gasteiger partial charge in [-0.2, -0.15) is 101 Å². The van der Waals surface area contributed by atoms with Crippen molar-refractivity contribution < 1.29 is 106 Å². The average Bonchev–Trinajstić information content (AvgIpc) is 2.58. The SMILES string of the molecule is OC(F)(C(F)(F)C(F)(F)F)C(F)(F)C(F)(F)C(F)(F)C(F)(F)C(F)(F)C(F)(F)C(F)(F)C(F)(F)F. The summed E-state index contributed by atoms with van der Waals surface area (Å²) >= 11 is 0. The van der Waals surface area contributed by atoms with Gasteiger partial charge in [-0.1, -0.05) is 0 Å². The lowest BCUT2D eigenvalue weighted by molar-refractivity contribution is -0.490. The maximum Gasteiger partial charge on any atom is 0.460 e. The van der Waals surface area contributed by atoms with Gasteiger partial charge in [0.2, 0.25) is 0 Å². The van der Waals surface area contributed by atoms with E-state index in [0.717, 1.165) is 0 Å². The van der Waals surface area contributed by atoms with Crippen molar-refractivity contribution in [2.45, 2.75) is 65.6 Å². The van der Waals surface area contributed by atoms with Crippen LogP contribution in [0.25, 0.3) is 0 Å². The molecule has 1 N–H and O–H groups in total. The minimum Gasteiger partial charge on any atom is -0.352 e. The van der Waals surface area contributed by atoms with Crippen LogP contribution in [0.3, 0.4) is 0 Å². The van der Waals surface area contributed by atoms with Crippen molar-refractivity contribution in [1.82, 2.24) is 0 Å². The minimum absolute atomic E-state index is 7.92. The Kier molecular flexibility index (Phi) is 7.32. The monoisotopic (exact) mass is 586 g/mol. The lowest BCUT2D eigenvalue weighted by Gasteiger charge is -2.45. The van der Waals surface area contributed by atoms with Crippen LogP contribution in [0.5, 0.6) is 0 Å². The van der Waals surface area contributed by atoms with E-state index in [1.807, 2.05) is 0 Å². The molecule has 1 atom stereocenters. The topological polar surface area (TPSA) is 20.2 Å². The summed E-state index contributed by atoms with van der Waals surface area (Å²) in [4.78, 5) is 0. The first-order valence-corrected chi connectivity index (χ1v) is 7.07. The lowest BCUT2D eigenvalue weighted by Crippen LogP contribution is -2.78. The maximum absolute atomic E-state index is 13.3. The van der Waals surface area contributed by atoms with Crippen LogP contribution in [-0.2, 0) is 0 Å². The van der Waals surface area contributed by atoms with Gasteiger partial charge in [0, 0.05) is 0 Å². The van der Waals surface area contributed by atoms with Gasteiger partial charge >= 0.3 is 65.6 Å².